The maximum absolute atomic E-state index is 12.9. The van der Waals surface area contributed by atoms with Gasteiger partial charge in [0, 0.05) is 37.8 Å². The molecule has 2 aromatic heterocycles. The highest BCUT2D eigenvalue weighted by Gasteiger charge is 2.27. The van der Waals surface area contributed by atoms with E-state index < -0.39 is 0 Å². The second kappa shape index (κ2) is 6.55. The predicted octanol–water partition coefficient (Wildman–Crippen LogP) is 3.02. The van der Waals surface area contributed by atoms with Crippen LogP contribution in [0.4, 0.5) is 5.82 Å². The molecule has 0 spiro atoms. The number of H-pyrrole nitrogens is 1. The first-order valence-electron chi connectivity index (χ1n) is 8.62. The Labute approximate surface area is 146 Å². The van der Waals surface area contributed by atoms with Crippen molar-refractivity contribution in [1.29, 1.82) is 0 Å². The molecule has 3 aromatic rings. The van der Waals surface area contributed by atoms with Gasteiger partial charge in [0.2, 0.25) is 0 Å². The molecule has 1 aliphatic rings. The predicted molar refractivity (Wildman–Crippen MR) is 97.8 cm³/mol. The van der Waals surface area contributed by atoms with E-state index in [1.165, 1.54) is 0 Å². The highest BCUT2D eigenvalue weighted by molar-refractivity contribution is 5.95. The number of benzene rings is 1. The minimum absolute atomic E-state index is 0.0553. The number of piperidine rings is 1. The third-order valence-electron chi connectivity index (χ3n) is 4.77. The van der Waals surface area contributed by atoms with E-state index in [-0.39, 0.29) is 11.8 Å². The molecule has 0 radical (unpaired) electrons. The van der Waals surface area contributed by atoms with Gasteiger partial charge >= 0.3 is 0 Å². The van der Waals surface area contributed by atoms with Crippen LogP contribution >= 0.6 is 0 Å². The first kappa shape index (κ1) is 15.6. The monoisotopic (exact) mass is 335 g/mol. The Balaban J connectivity index is 1.54. The summed E-state index contributed by atoms with van der Waals surface area (Å²) in [6.07, 6.45) is 3.69. The lowest BCUT2D eigenvalue weighted by molar-refractivity contribution is 0.0705. The summed E-state index contributed by atoms with van der Waals surface area (Å²) >= 11 is 0. The number of fused-ring (bicyclic) bond motifs is 1. The Morgan fingerprint density at radius 2 is 2.20 bits per heavy atom. The Morgan fingerprint density at radius 1 is 1.32 bits per heavy atom. The number of aromatic amines is 1. The number of amides is 1. The van der Waals surface area contributed by atoms with Gasteiger partial charge < -0.3 is 15.2 Å². The van der Waals surface area contributed by atoms with E-state index >= 15 is 0 Å². The molecule has 6 nitrogen and oxygen atoms in total. The molecule has 1 atom stereocenters. The molecule has 25 heavy (non-hydrogen) atoms. The van der Waals surface area contributed by atoms with E-state index in [2.05, 4.69) is 15.3 Å². The lowest BCUT2D eigenvalue weighted by Gasteiger charge is -2.32. The molecule has 0 aliphatic carbocycles. The fourth-order valence-corrected chi connectivity index (χ4v) is 3.43. The van der Waals surface area contributed by atoms with Crippen molar-refractivity contribution in [3.8, 4) is 0 Å². The van der Waals surface area contributed by atoms with Crippen molar-refractivity contribution >= 4 is 22.8 Å². The third-order valence-corrected chi connectivity index (χ3v) is 4.77. The number of anilines is 1. The summed E-state index contributed by atoms with van der Waals surface area (Å²) in [5.74, 6) is 1.98. The average Bonchev–Trinajstić information content (AvgIpc) is 3.12. The van der Waals surface area contributed by atoms with E-state index in [1.807, 2.05) is 29.2 Å². The highest BCUT2D eigenvalue weighted by Crippen LogP contribution is 2.27. The molecule has 6 heteroatoms. The summed E-state index contributed by atoms with van der Waals surface area (Å²) in [6.45, 7) is 1.47. The molecule has 2 N–H and O–H groups in total. The number of rotatable bonds is 3. The molecule has 0 saturated carbocycles. The summed E-state index contributed by atoms with van der Waals surface area (Å²) in [7, 11) is 1.80. The van der Waals surface area contributed by atoms with Gasteiger partial charge in [-0.1, -0.05) is 12.1 Å². The van der Waals surface area contributed by atoms with Gasteiger partial charge in [0.05, 0.1) is 11.0 Å². The van der Waals surface area contributed by atoms with Crippen molar-refractivity contribution in [3.05, 3.63) is 54.0 Å². The number of likely N-dealkylation sites (tertiary alicyclic amines) is 1. The number of carbonyl (C=O) groups excluding carboxylic acids is 1. The van der Waals surface area contributed by atoms with Crippen LogP contribution in [0.5, 0.6) is 0 Å². The van der Waals surface area contributed by atoms with E-state index in [0.717, 1.165) is 36.2 Å². The summed E-state index contributed by atoms with van der Waals surface area (Å²) < 4.78 is 0. The van der Waals surface area contributed by atoms with Gasteiger partial charge in [-0.3, -0.25) is 4.79 Å². The van der Waals surface area contributed by atoms with Crippen LogP contribution < -0.4 is 5.32 Å². The van der Waals surface area contributed by atoms with Gasteiger partial charge in [0.1, 0.15) is 11.6 Å². The van der Waals surface area contributed by atoms with Gasteiger partial charge in [-0.15, -0.1) is 0 Å². The zero-order valence-corrected chi connectivity index (χ0v) is 14.2. The molecule has 0 bridgehead atoms. The number of hydrogen-bond donors (Lipinski definition) is 2. The van der Waals surface area contributed by atoms with E-state index in [4.69, 9.17) is 4.98 Å². The fraction of sp³-hybridized carbons (Fsp3) is 0.316. The second-order valence-corrected chi connectivity index (χ2v) is 6.41. The van der Waals surface area contributed by atoms with E-state index in [1.54, 1.807) is 25.4 Å². The number of nitrogens with zero attached hydrogens (tertiary/aromatic N) is 3. The van der Waals surface area contributed by atoms with Crippen LogP contribution in [-0.2, 0) is 0 Å². The first-order valence-corrected chi connectivity index (χ1v) is 8.62. The normalized spacial score (nSPS) is 17.6. The first-order chi connectivity index (χ1) is 12.2. The smallest absolute Gasteiger partial charge is 0.254 e. The number of pyridine rings is 1. The number of hydrogen-bond acceptors (Lipinski definition) is 4. The number of nitrogens with one attached hydrogen (secondary N) is 2. The van der Waals surface area contributed by atoms with Crippen LogP contribution in [0, 0.1) is 0 Å². The lowest BCUT2D eigenvalue weighted by atomic mass is 9.97. The summed E-state index contributed by atoms with van der Waals surface area (Å²) in [4.78, 5) is 27.1. The summed E-state index contributed by atoms with van der Waals surface area (Å²) in [5, 5.41) is 2.98. The van der Waals surface area contributed by atoms with Crippen LogP contribution in [0.3, 0.4) is 0 Å². The maximum atomic E-state index is 12.9. The molecule has 3 heterocycles. The van der Waals surface area contributed by atoms with Crippen molar-refractivity contribution in [3.63, 3.8) is 0 Å². The number of carbonyl (C=O) groups is 1. The molecular formula is C19H21N5O. The minimum Gasteiger partial charge on any atom is -0.373 e. The average molecular weight is 335 g/mol. The van der Waals surface area contributed by atoms with Crippen LogP contribution in [0.25, 0.3) is 11.0 Å². The zero-order valence-electron chi connectivity index (χ0n) is 14.2. The van der Waals surface area contributed by atoms with Gasteiger partial charge in [-0.25, -0.2) is 9.97 Å². The van der Waals surface area contributed by atoms with Crippen LogP contribution in [0.15, 0.2) is 42.6 Å². The molecule has 128 valence electrons. The van der Waals surface area contributed by atoms with E-state index in [9.17, 15) is 4.79 Å². The largest absolute Gasteiger partial charge is 0.373 e. The quantitative estimate of drug-likeness (QED) is 0.771. The topological polar surface area (TPSA) is 73.9 Å². The van der Waals surface area contributed by atoms with Crippen molar-refractivity contribution in [2.24, 2.45) is 0 Å². The standard InChI is InChI=1S/C19H21N5O/c1-20-17-11-13(8-9-21-17)19(25)24-10-4-5-14(12-24)18-22-15-6-2-3-7-16(15)23-18/h2-3,6-9,11,14H,4-5,10,12H2,1H3,(H,20,21)(H,22,23). The van der Waals surface area contributed by atoms with E-state index in [0.29, 0.717) is 17.9 Å². The summed E-state index contributed by atoms with van der Waals surface area (Å²) in [5.41, 5.74) is 2.70. The number of para-hydroxylation sites is 2. The number of imidazole rings is 1. The van der Waals surface area contributed by atoms with Crippen LogP contribution in [-0.4, -0.2) is 45.9 Å². The molecular weight excluding hydrogens is 314 g/mol. The fourth-order valence-electron chi connectivity index (χ4n) is 3.43. The molecule has 1 amide bonds. The highest BCUT2D eigenvalue weighted by atomic mass is 16.2. The Hall–Kier alpha value is -2.89. The second-order valence-electron chi connectivity index (χ2n) is 6.41. The molecule has 1 unspecified atom stereocenters. The van der Waals surface area contributed by atoms with Crippen molar-refractivity contribution in [1.82, 2.24) is 19.9 Å². The SMILES string of the molecule is CNc1cc(C(=O)N2CCCC(c3nc4ccccc4[nH]3)C2)ccn1. The van der Waals surface area contributed by atoms with Crippen molar-refractivity contribution in [2.45, 2.75) is 18.8 Å². The molecule has 1 aliphatic heterocycles. The van der Waals surface area contributed by atoms with Gasteiger partial charge in [-0.2, -0.15) is 0 Å². The van der Waals surface area contributed by atoms with Gasteiger partial charge in [-0.05, 0) is 37.1 Å². The van der Waals surface area contributed by atoms with Gasteiger partial charge in [0.25, 0.3) is 5.91 Å². The zero-order chi connectivity index (χ0) is 17.2. The van der Waals surface area contributed by atoms with Crippen LogP contribution in [0.1, 0.15) is 34.9 Å². The number of aromatic nitrogens is 3. The maximum Gasteiger partial charge on any atom is 0.254 e. The van der Waals surface area contributed by atoms with Crippen molar-refractivity contribution < 1.29 is 4.79 Å². The Bertz CT molecular complexity index is 870. The van der Waals surface area contributed by atoms with Crippen molar-refractivity contribution in [2.75, 3.05) is 25.5 Å². The van der Waals surface area contributed by atoms with Crippen LogP contribution in [0.2, 0.25) is 0 Å². The molecule has 1 aromatic carbocycles. The Kier molecular flexibility index (Phi) is 4.09. The molecule has 1 saturated heterocycles. The Morgan fingerprint density at radius 3 is 3.04 bits per heavy atom. The third kappa shape index (κ3) is 3.07. The molecule has 4 rings (SSSR count). The summed E-state index contributed by atoms with van der Waals surface area (Å²) in [6, 6.07) is 11.6. The van der Waals surface area contributed by atoms with Gasteiger partial charge in [0.15, 0.2) is 0 Å². The molecule has 1 fully saturated rings. The lowest BCUT2D eigenvalue weighted by Crippen LogP contribution is -2.39. The minimum atomic E-state index is 0.0553.